The van der Waals surface area contributed by atoms with Gasteiger partial charge in [0.1, 0.15) is 5.82 Å². The molecular weight excluding hydrogens is 338 g/mol. The van der Waals surface area contributed by atoms with Crippen LogP contribution in [0.4, 0.5) is 0 Å². The zero-order valence-corrected chi connectivity index (χ0v) is 14.2. The van der Waals surface area contributed by atoms with Gasteiger partial charge < -0.3 is 4.98 Å². The van der Waals surface area contributed by atoms with Gasteiger partial charge in [-0.3, -0.25) is 19.7 Å². The number of fused-ring (bicyclic) bond motifs is 1. The summed E-state index contributed by atoms with van der Waals surface area (Å²) in [4.78, 5) is 30.4. The Kier molecular flexibility index (Phi) is 4.29. The van der Waals surface area contributed by atoms with Crippen LogP contribution < -0.4 is 5.56 Å². The van der Waals surface area contributed by atoms with Crippen molar-refractivity contribution in [2.75, 3.05) is 6.54 Å². The SMILES string of the molecule is O=c1[nH]c(-c2ccncc2)nc2c1CN(Cc1cnccc1Cl)CC2. The minimum absolute atomic E-state index is 0.0844. The molecule has 0 bridgehead atoms. The number of rotatable bonds is 3. The van der Waals surface area contributed by atoms with Crippen LogP contribution in [0.3, 0.4) is 0 Å². The second kappa shape index (κ2) is 6.74. The average Bonchev–Trinajstić information content (AvgIpc) is 2.65. The highest BCUT2D eigenvalue weighted by Gasteiger charge is 2.22. The quantitative estimate of drug-likeness (QED) is 0.782. The highest BCUT2D eigenvalue weighted by molar-refractivity contribution is 6.31. The van der Waals surface area contributed by atoms with Crippen LogP contribution in [0.15, 0.2) is 47.8 Å². The van der Waals surface area contributed by atoms with Gasteiger partial charge in [-0.25, -0.2) is 4.98 Å². The van der Waals surface area contributed by atoms with Gasteiger partial charge in [-0.05, 0) is 18.2 Å². The summed E-state index contributed by atoms with van der Waals surface area (Å²) in [5, 5.41) is 0.695. The second-order valence-electron chi connectivity index (χ2n) is 6.00. The normalized spacial score (nSPS) is 14.3. The van der Waals surface area contributed by atoms with Gasteiger partial charge in [-0.2, -0.15) is 0 Å². The number of hydrogen-bond acceptors (Lipinski definition) is 5. The van der Waals surface area contributed by atoms with Gasteiger partial charge in [-0.1, -0.05) is 11.6 Å². The first kappa shape index (κ1) is 15.9. The minimum atomic E-state index is -0.0844. The Labute approximate surface area is 149 Å². The van der Waals surface area contributed by atoms with Gasteiger partial charge in [0.15, 0.2) is 0 Å². The van der Waals surface area contributed by atoms with E-state index in [1.807, 2.05) is 12.1 Å². The monoisotopic (exact) mass is 353 g/mol. The zero-order valence-electron chi connectivity index (χ0n) is 13.4. The van der Waals surface area contributed by atoms with E-state index in [1.54, 1.807) is 30.9 Å². The lowest BCUT2D eigenvalue weighted by Gasteiger charge is -2.27. The standard InChI is InChI=1S/C18H16ClN5O/c19-15-3-7-21-9-13(15)10-24-8-4-16-14(11-24)18(25)23-17(22-16)12-1-5-20-6-2-12/h1-3,5-7,9H,4,8,10-11H2,(H,22,23,25). The van der Waals surface area contributed by atoms with E-state index in [9.17, 15) is 4.79 Å². The third-order valence-electron chi connectivity index (χ3n) is 4.34. The number of nitrogens with zero attached hydrogens (tertiary/aromatic N) is 4. The summed E-state index contributed by atoms with van der Waals surface area (Å²) < 4.78 is 0. The van der Waals surface area contributed by atoms with Crippen LogP contribution in [-0.4, -0.2) is 31.4 Å². The van der Waals surface area contributed by atoms with Crippen molar-refractivity contribution in [3.8, 4) is 11.4 Å². The van der Waals surface area contributed by atoms with E-state index in [2.05, 4.69) is 24.8 Å². The Morgan fingerprint density at radius 1 is 1.16 bits per heavy atom. The van der Waals surface area contributed by atoms with Gasteiger partial charge in [0.05, 0.1) is 11.3 Å². The van der Waals surface area contributed by atoms with Crippen LogP contribution in [0, 0.1) is 0 Å². The van der Waals surface area contributed by atoms with Crippen molar-refractivity contribution in [1.82, 2.24) is 24.8 Å². The van der Waals surface area contributed by atoms with Crippen LogP contribution >= 0.6 is 11.6 Å². The summed E-state index contributed by atoms with van der Waals surface area (Å²) in [7, 11) is 0. The maximum absolute atomic E-state index is 12.5. The molecule has 1 N–H and O–H groups in total. The summed E-state index contributed by atoms with van der Waals surface area (Å²) in [6.07, 6.45) is 7.55. The van der Waals surface area contributed by atoms with Crippen molar-refractivity contribution in [2.24, 2.45) is 0 Å². The molecule has 4 heterocycles. The van der Waals surface area contributed by atoms with Gasteiger partial charge in [-0.15, -0.1) is 0 Å². The first-order valence-corrected chi connectivity index (χ1v) is 8.42. The number of aromatic amines is 1. The van der Waals surface area contributed by atoms with Crippen LogP contribution in [0.25, 0.3) is 11.4 Å². The minimum Gasteiger partial charge on any atom is -0.306 e. The third kappa shape index (κ3) is 3.31. The molecule has 0 aliphatic carbocycles. The third-order valence-corrected chi connectivity index (χ3v) is 4.71. The van der Waals surface area contributed by atoms with Gasteiger partial charge >= 0.3 is 0 Å². The number of hydrogen-bond donors (Lipinski definition) is 1. The Morgan fingerprint density at radius 2 is 1.96 bits per heavy atom. The van der Waals surface area contributed by atoms with Crippen molar-refractivity contribution in [3.05, 3.63) is 75.2 Å². The Balaban J connectivity index is 1.60. The van der Waals surface area contributed by atoms with Crippen molar-refractivity contribution < 1.29 is 0 Å². The molecule has 0 saturated carbocycles. The maximum atomic E-state index is 12.5. The topological polar surface area (TPSA) is 74.8 Å². The molecule has 0 aromatic carbocycles. The molecule has 0 saturated heterocycles. The Hall–Kier alpha value is -2.57. The number of aromatic nitrogens is 4. The molecule has 0 unspecified atom stereocenters. The highest BCUT2D eigenvalue weighted by Crippen LogP contribution is 2.21. The molecule has 1 aliphatic heterocycles. The van der Waals surface area contributed by atoms with Crippen LogP contribution in [-0.2, 0) is 19.5 Å². The number of nitrogens with one attached hydrogen (secondary N) is 1. The van der Waals surface area contributed by atoms with E-state index >= 15 is 0 Å². The fourth-order valence-electron chi connectivity index (χ4n) is 3.03. The fourth-order valence-corrected chi connectivity index (χ4v) is 3.19. The summed E-state index contributed by atoms with van der Waals surface area (Å²) in [5.41, 5.74) is 3.33. The molecule has 3 aromatic heterocycles. The first-order chi connectivity index (χ1) is 12.2. The molecular formula is C18H16ClN5O. The van der Waals surface area contributed by atoms with Gasteiger partial charge in [0, 0.05) is 67.0 Å². The molecule has 0 radical (unpaired) electrons. The smallest absolute Gasteiger partial charge is 0.255 e. The number of H-pyrrole nitrogens is 1. The Morgan fingerprint density at radius 3 is 2.76 bits per heavy atom. The van der Waals surface area contributed by atoms with E-state index in [-0.39, 0.29) is 5.56 Å². The molecule has 0 atom stereocenters. The molecule has 126 valence electrons. The molecule has 4 rings (SSSR count). The first-order valence-electron chi connectivity index (χ1n) is 8.04. The highest BCUT2D eigenvalue weighted by atomic mass is 35.5. The van der Waals surface area contributed by atoms with E-state index in [4.69, 9.17) is 11.6 Å². The molecule has 0 fully saturated rings. The van der Waals surface area contributed by atoms with E-state index in [0.717, 1.165) is 35.3 Å². The molecule has 7 heteroatoms. The van der Waals surface area contributed by atoms with E-state index in [1.165, 1.54) is 0 Å². The van der Waals surface area contributed by atoms with Gasteiger partial charge in [0.25, 0.3) is 5.56 Å². The lowest BCUT2D eigenvalue weighted by molar-refractivity contribution is 0.241. The molecule has 0 amide bonds. The lowest BCUT2D eigenvalue weighted by Crippen LogP contribution is -2.35. The summed E-state index contributed by atoms with van der Waals surface area (Å²) >= 11 is 6.21. The summed E-state index contributed by atoms with van der Waals surface area (Å²) in [5.74, 6) is 0.593. The summed E-state index contributed by atoms with van der Waals surface area (Å²) in [6, 6.07) is 5.46. The zero-order chi connectivity index (χ0) is 17.2. The van der Waals surface area contributed by atoms with E-state index < -0.39 is 0 Å². The molecule has 1 aliphatic rings. The second-order valence-corrected chi connectivity index (χ2v) is 6.41. The van der Waals surface area contributed by atoms with Crippen LogP contribution in [0.5, 0.6) is 0 Å². The fraction of sp³-hybridized carbons (Fsp3) is 0.222. The van der Waals surface area contributed by atoms with Crippen LogP contribution in [0.2, 0.25) is 5.02 Å². The molecule has 6 nitrogen and oxygen atoms in total. The van der Waals surface area contributed by atoms with Crippen molar-refractivity contribution in [2.45, 2.75) is 19.5 Å². The predicted molar refractivity (Wildman–Crippen MR) is 95.2 cm³/mol. The van der Waals surface area contributed by atoms with Crippen molar-refractivity contribution >= 4 is 11.6 Å². The van der Waals surface area contributed by atoms with Crippen molar-refractivity contribution in [1.29, 1.82) is 0 Å². The lowest BCUT2D eigenvalue weighted by atomic mass is 10.1. The van der Waals surface area contributed by atoms with E-state index in [0.29, 0.717) is 23.9 Å². The Bertz CT molecular complexity index is 957. The number of pyridine rings is 2. The maximum Gasteiger partial charge on any atom is 0.255 e. The van der Waals surface area contributed by atoms with Crippen molar-refractivity contribution in [3.63, 3.8) is 0 Å². The van der Waals surface area contributed by atoms with Crippen LogP contribution in [0.1, 0.15) is 16.8 Å². The predicted octanol–water partition coefficient (Wildman–Crippen LogP) is 2.44. The number of halogens is 1. The molecule has 25 heavy (non-hydrogen) atoms. The molecule has 3 aromatic rings. The summed E-state index contributed by atoms with van der Waals surface area (Å²) in [6.45, 7) is 2.04. The largest absolute Gasteiger partial charge is 0.306 e. The van der Waals surface area contributed by atoms with Gasteiger partial charge in [0.2, 0.25) is 0 Å². The molecule has 0 spiro atoms. The average molecular weight is 354 g/mol.